The minimum absolute atomic E-state index is 0.138. The van der Waals surface area contributed by atoms with Crippen LogP contribution in [0.3, 0.4) is 0 Å². The summed E-state index contributed by atoms with van der Waals surface area (Å²) in [6.45, 7) is 4.55. The lowest BCUT2D eigenvalue weighted by molar-refractivity contribution is -0.133. The van der Waals surface area contributed by atoms with Gasteiger partial charge in [-0.2, -0.15) is 5.26 Å². The number of carbonyl (C=O) groups excluding carboxylic acids is 3. The lowest BCUT2D eigenvalue weighted by atomic mass is 10.0. The molecule has 0 bridgehead atoms. The highest BCUT2D eigenvalue weighted by molar-refractivity contribution is 5.89. The number of carbonyl (C=O) groups is 3. The van der Waals surface area contributed by atoms with Gasteiger partial charge in [-0.15, -0.1) is 0 Å². The zero-order valence-electron chi connectivity index (χ0n) is 13.8. The van der Waals surface area contributed by atoms with Gasteiger partial charge in [0.05, 0.1) is 11.6 Å². The Balaban J connectivity index is 2.42. The lowest BCUT2D eigenvalue weighted by Gasteiger charge is -2.21. The number of nitrogens with one attached hydrogen (secondary N) is 3. The number of ether oxygens (including phenoxy) is 1. The summed E-state index contributed by atoms with van der Waals surface area (Å²) in [6, 6.07) is 7.49. The molecule has 8 heteroatoms. The van der Waals surface area contributed by atoms with Gasteiger partial charge in [0.15, 0.2) is 6.61 Å². The van der Waals surface area contributed by atoms with E-state index in [-0.39, 0.29) is 18.4 Å². The highest BCUT2D eigenvalue weighted by Gasteiger charge is 2.23. The molecular weight excluding hydrogens is 312 g/mol. The predicted molar refractivity (Wildman–Crippen MR) is 85.4 cm³/mol. The molecule has 0 heterocycles. The Morgan fingerprint density at radius 1 is 1.17 bits per heavy atom. The number of rotatable bonds is 6. The molecular formula is C16H20N4O4. The molecule has 1 rings (SSSR count). The van der Waals surface area contributed by atoms with Crippen LogP contribution in [0.25, 0.3) is 0 Å². The van der Waals surface area contributed by atoms with Crippen LogP contribution >= 0.6 is 0 Å². The van der Waals surface area contributed by atoms with Crippen molar-refractivity contribution in [3.63, 3.8) is 0 Å². The van der Waals surface area contributed by atoms with Gasteiger partial charge in [-0.05, 0) is 30.2 Å². The molecule has 1 aromatic carbocycles. The van der Waals surface area contributed by atoms with Crippen LogP contribution in [0.5, 0.6) is 5.75 Å². The van der Waals surface area contributed by atoms with Crippen molar-refractivity contribution in [3.05, 3.63) is 29.8 Å². The molecule has 0 aliphatic rings. The summed E-state index contributed by atoms with van der Waals surface area (Å²) in [6.07, 6.45) is 0. The van der Waals surface area contributed by atoms with Crippen LogP contribution in [0.1, 0.15) is 26.3 Å². The smallest absolute Gasteiger partial charge is 0.276 e. The molecule has 3 amide bonds. The van der Waals surface area contributed by atoms with E-state index in [1.54, 1.807) is 38.1 Å². The molecule has 0 spiro atoms. The van der Waals surface area contributed by atoms with E-state index in [1.807, 2.05) is 6.07 Å². The van der Waals surface area contributed by atoms with Gasteiger partial charge in [-0.25, -0.2) is 0 Å². The van der Waals surface area contributed by atoms with E-state index in [1.165, 1.54) is 6.92 Å². The molecule has 1 atom stereocenters. The van der Waals surface area contributed by atoms with Gasteiger partial charge in [0.25, 0.3) is 11.8 Å². The summed E-state index contributed by atoms with van der Waals surface area (Å²) >= 11 is 0. The van der Waals surface area contributed by atoms with Crippen LogP contribution in [0.2, 0.25) is 0 Å². The van der Waals surface area contributed by atoms with Crippen LogP contribution < -0.4 is 20.9 Å². The average Bonchev–Trinajstić information content (AvgIpc) is 2.55. The quantitative estimate of drug-likeness (QED) is 0.645. The van der Waals surface area contributed by atoms with Crippen LogP contribution in [-0.4, -0.2) is 30.4 Å². The van der Waals surface area contributed by atoms with Gasteiger partial charge in [0.2, 0.25) is 5.91 Å². The summed E-state index contributed by atoms with van der Waals surface area (Å²) in [5.41, 5.74) is 4.95. The van der Waals surface area contributed by atoms with Gasteiger partial charge in [-0.3, -0.25) is 25.2 Å². The standard InChI is InChI=1S/C16H20N4O4/c1-10(2)15(18-11(3)21)16(23)20-19-14(22)9-24-13-6-4-12(8-17)5-7-13/h4-7,10,15H,9H2,1-3H3,(H,18,21)(H,19,22)(H,20,23)/t15-/m1/s1. The molecule has 0 unspecified atom stereocenters. The molecule has 0 aromatic heterocycles. The summed E-state index contributed by atoms with van der Waals surface area (Å²) in [5.74, 6) is -1.13. The number of nitriles is 1. The van der Waals surface area contributed by atoms with Crippen molar-refractivity contribution < 1.29 is 19.1 Å². The molecule has 0 aliphatic heterocycles. The van der Waals surface area contributed by atoms with Crippen molar-refractivity contribution >= 4 is 17.7 Å². The van der Waals surface area contributed by atoms with Crippen molar-refractivity contribution in [1.29, 1.82) is 5.26 Å². The summed E-state index contributed by atoms with van der Waals surface area (Å²) in [5, 5.41) is 11.2. The molecule has 8 nitrogen and oxygen atoms in total. The van der Waals surface area contributed by atoms with Gasteiger partial charge in [0, 0.05) is 6.92 Å². The Hall–Kier alpha value is -3.08. The van der Waals surface area contributed by atoms with E-state index < -0.39 is 17.9 Å². The van der Waals surface area contributed by atoms with Gasteiger partial charge < -0.3 is 10.1 Å². The summed E-state index contributed by atoms with van der Waals surface area (Å²) in [7, 11) is 0. The van der Waals surface area contributed by atoms with Crippen molar-refractivity contribution in [2.75, 3.05) is 6.61 Å². The molecule has 0 saturated carbocycles. The fourth-order valence-electron chi connectivity index (χ4n) is 1.77. The highest BCUT2D eigenvalue weighted by Crippen LogP contribution is 2.11. The normalized spacial score (nSPS) is 11.1. The molecule has 0 aliphatic carbocycles. The number of nitrogens with zero attached hydrogens (tertiary/aromatic N) is 1. The number of benzene rings is 1. The second kappa shape index (κ2) is 9.15. The average molecular weight is 332 g/mol. The summed E-state index contributed by atoms with van der Waals surface area (Å²) < 4.78 is 5.23. The van der Waals surface area contributed by atoms with Crippen molar-refractivity contribution in [2.45, 2.75) is 26.8 Å². The molecule has 0 fully saturated rings. The topological polar surface area (TPSA) is 120 Å². The number of hydrogen-bond donors (Lipinski definition) is 3. The first-order chi connectivity index (χ1) is 11.3. The predicted octanol–water partition coefficient (Wildman–Crippen LogP) is 0.245. The van der Waals surface area contributed by atoms with E-state index in [9.17, 15) is 14.4 Å². The Kier molecular flexibility index (Phi) is 7.23. The van der Waals surface area contributed by atoms with E-state index in [0.717, 1.165) is 0 Å². The summed E-state index contributed by atoms with van der Waals surface area (Å²) in [4.78, 5) is 34.7. The number of hydrazine groups is 1. The van der Waals surface area contributed by atoms with Crippen LogP contribution in [-0.2, 0) is 14.4 Å². The van der Waals surface area contributed by atoms with Crippen LogP contribution in [0.4, 0.5) is 0 Å². The fourth-order valence-corrected chi connectivity index (χ4v) is 1.77. The highest BCUT2D eigenvalue weighted by atomic mass is 16.5. The van der Waals surface area contributed by atoms with Gasteiger partial charge in [0.1, 0.15) is 11.8 Å². The fraction of sp³-hybridized carbons (Fsp3) is 0.375. The zero-order valence-corrected chi connectivity index (χ0v) is 13.8. The van der Waals surface area contributed by atoms with E-state index in [2.05, 4.69) is 16.2 Å². The molecule has 128 valence electrons. The second-order valence-electron chi connectivity index (χ2n) is 5.38. The third-order valence-corrected chi connectivity index (χ3v) is 2.99. The van der Waals surface area contributed by atoms with Crippen LogP contribution in [0, 0.1) is 17.2 Å². The molecule has 0 radical (unpaired) electrons. The van der Waals surface area contributed by atoms with Gasteiger partial charge >= 0.3 is 0 Å². The maximum atomic E-state index is 12.0. The van der Waals surface area contributed by atoms with E-state index in [0.29, 0.717) is 11.3 Å². The zero-order chi connectivity index (χ0) is 18.1. The third-order valence-electron chi connectivity index (χ3n) is 2.99. The first-order valence-electron chi connectivity index (χ1n) is 7.32. The van der Waals surface area contributed by atoms with E-state index >= 15 is 0 Å². The largest absolute Gasteiger partial charge is 0.484 e. The molecule has 24 heavy (non-hydrogen) atoms. The molecule has 3 N–H and O–H groups in total. The van der Waals surface area contributed by atoms with Crippen molar-refractivity contribution in [1.82, 2.24) is 16.2 Å². The SMILES string of the molecule is CC(=O)N[C@@H](C(=O)NNC(=O)COc1ccc(C#N)cc1)C(C)C. The second-order valence-corrected chi connectivity index (χ2v) is 5.38. The Morgan fingerprint density at radius 2 is 1.79 bits per heavy atom. The lowest BCUT2D eigenvalue weighted by Crippen LogP contribution is -2.54. The minimum atomic E-state index is -0.748. The number of amides is 3. The van der Waals surface area contributed by atoms with Crippen molar-refractivity contribution in [3.8, 4) is 11.8 Å². The van der Waals surface area contributed by atoms with Crippen molar-refractivity contribution in [2.24, 2.45) is 5.92 Å². The molecule has 0 saturated heterocycles. The first kappa shape index (κ1) is 19.0. The Bertz CT molecular complexity index is 634. The minimum Gasteiger partial charge on any atom is -0.484 e. The van der Waals surface area contributed by atoms with E-state index in [4.69, 9.17) is 10.00 Å². The Morgan fingerprint density at radius 3 is 2.29 bits per heavy atom. The van der Waals surface area contributed by atoms with Crippen LogP contribution in [0.15, 0.2) is 24.3 Å². The maximum absolute atomic E-state index is 12.0. The maximum Gasteiger partial charge on any atom is 0.276 e. The number of hydrogen-bond acceptors (Lipinski definition) is 5. The Labute approximate surface area is 140 Å². The first-order valence-corrected chi connectivity index (χ1v) is 7.32. The molecule has 1 aromatic rings. The monoisotopic (exact) mass is 332 g/mol. The third kappa shape index (κ3) is 6.36. The van der Waals surface area contributed by atoms with Gasteiger partial charge in [-0.1, -0.05) is 13.8 Å².